The molecule has 0 N–H and O–H groups in total. The van der Waals surface area contributed by atoms with Crippen LogP contribution in [0.4, 0.5) is 4.79 Å². The molecule has 2 bridgehead atoms. The van der Waals surface area contributed by atoms with E-state index in [0.717, 1.165) is 12.0 Å². The second-order valence-electron chi connectivity index (χ2n) is 6.48. The molecule has 0 saturated heterocycles. The Kier molecular flexibility index (Phi) is 6.29. The van der Waals surface area contributed by atoms with Gasteiger partial charge in [-0.2, -0.15) is 0 Å². The number of carbonyl (C=O) groups excluding carboxylic acids is 3. The molecule has 4 atom stereocenters. The van der Waals surface area contributed by atoms with Crippen molar-refractivity contribution in [2.75, 3.05) is 13.2 Å². The minimum atomic E-state index is -0.997. The van der Waals surface area contributed by atoms with Gasteiger partial charge in [0.2, 0.25) is 0 Å². The van der Waals surface area contributed by atoms with Crippen LogP contribution < -0.4 is 0 Å². The van der Waals surface area contributed by atoms with Gasteiger partial charge >= 0.3 is 15.9 Å². The number of rotatable bonds is 6. The fourth-order valence-electron chi connectivity index (χ4n) is 3.70. The Morgan fingerprint density at radius 3 is 2.08 bits per heavy atom. The van der Waals surface area contributed by atoms with Crippen LogP contribution in [0.25, 0.3) is 0 Å². The van der Waals surface area contributed by atoms with E-state index in [1.165, 1.54) is 0 Å². The number of esters is 2. The summed E-state index contributed by atoms with van der Waals surface area (Å²) in [5.74, 6) is -1.22. The molecule has 6 nitrogen and oxygen atoms in total. The van der Waals surface area contributed by atoms with Crippen molar-refractivity contribution in [3.8, 4) is 0 Å². The SMILES string of the molecule is O=C(I)OCC1C(COC(=O)C(=O)OCc2ccccc2)[C@@H]2C=C[C@H]1C2. The van der Waals surface area contributed by atoms with E-state index in [4.69, 9.17) is 14.2 Å². The van der Waals surface area contributed by atoms with Crippen molar-refractivity contribution in [1.82, 2.24) is 0 Å². The maximum Gasteiger partial charge on any atom is 0.417 e. The second kappa shape index (κ2) is 8.66. The quantitative estimate of drug-likeness (QED) is 0.159. The monoisotopic (exact) mass is 470 g/mol. The molecule has 1 fully saturated rings. The minimum Gasteiger partial charge on any atom is -0.458 e. The molecule has 138 valence electrons. The van der Waals surface area contributed by atoms with Gasteiger partial charge in [-0.1, -0.05) is 42.5 Å². The lowest BCUT2D eigenvalue weighted by atomic mass is 9.84. The molecular formula is C19H19IO6. The van der Waals surface area contributed by atoms with Crippen LogP contribution in [0.3, 0.4) is 0 Å². The Balaban J connectivity index is 1.47. The van der Waals surface area contributed by atoms with Crippen LogP contribution in [0, 0.1) is 23.7 Å². The zero-order valence-corrected chi connectivity index (χ0v) is 16.2. The molecule has 0 amide bonds. The average Bonchev–Trinajstić information content (AvgIpc) is 3.24. The van der Waals surface area contributed by atoms with E-state index < -0.39 is 11.9 Å². The summed E-state index contributed by atoms with van der Waals surface area (Å²) in [5.41, 5.74) is 0.799. The standard InChI is InChI=1S/C19H19IO6/c20-19(23)26-11-16-14-7-6-13(8-14)15(16)10-25-18(22)17(21)24-9-12-4-2-1-3-5-12/h1-7,13-16H,8-11H2/t13-,14+,15?,16?/m1/s1. The highest BCUT2D eigenvalue weighted by molar-refractivity contribution is 14.1. The Bertz CT molecular complexity index is 701. The highest BCUT2D eigenvalue weighted by Gasteiger charge is 2.45. The topological polar surface area (TPSA) is 78.9 Å². The van der Waals surface area contributed by atoms with Gasteiger partial charge in [0.1, 0.15) is 6.61 Å². The fourth-order valence-corrected chi connectivity index (χ4v) is 3.88. The molecule has 0 heterocycles. The average molecular weight is 470 g/mol. The summed E-state index contributed by atoms with van der Waals surface area (Å²) in [6.07, 6.45) is 5.20. The van der Waals surface area contributed by atoms with Gasteiger partial charge in [-0.3, -0.25) is 0 Å². The van der Waals surface area contributed by atoms with Crippen LogP contribution >= 0.6 is 22.6 Å². The lowest BCUT2D eigenvalue weighted by Gasteiger charge is -2.26. The van der Waals surface area contributed by atoms with Crippen LogP contribution in [0.5, 0.6) is 0 Å². The van der Waals surface area contributed by atoms with E-state index in [1.807, 2.05) is 18.2 Å². The lowest BCUT2D eigenvalue weighted by molar-refractivity contribution is -0.169. The number of carbonyl (C=O) groups is 3. The molecule has 1 aromatic carbocycles. The summed E-state index contributed by atoms with van der Waals surface area (Å²) >= 11 is 1.60. The van der Waals surface area contributed by atoms with Gasteiger partial charge in [0.15, 0.2) is 0 Å². The van der Waals surface area contributed by atoms with E-state index in [2.05, 4.69) is 12.2 Å². The van der Waals surface area contributed by atoms with Gasteiger partial charge < -0.3 is 14.2 Å². The van der Waals surface area contributed by atoms with Crippen molar-refractivity contribution in [1.29, 1.82) is 0 Å². The van der Waals surface area contributed by atoms with Crippen LogP contribution in [-0.2, 0) is 30.4 Å². The molecule has 0 aliphatic heterocycles. The largest absolute Gasteiger partial charge is 0.458 e. The van der Waals surface area contributed by atoms with E-state index >= 15 is 0 Å². The van der Waals surface area contributed by atoms with Crippen molar-refractivity contribution < 1.29 is 28.6 Å². The van der Waals surface area contributed by atoms with E-state index in [0.29, 0.717) is 12.5 Å². The van der Waals surface area contributed by atoms with Crippen molar-refractivity contribution in [2.24, 2.45) is 23.7 Å². The molecule has 1 saturated carbocycles. The number of hydrogen-bond donors (Lipinski definition) is 0. The Hall–Kier alpha value is -1.90. The maximum atomic E-state index is 11.9. The van der Waals surface area contributed by atoms with Crippen molar-refractivity contribution >= 4 is 38.5 Å². The number of ether oxygens (including phenoxy) is 3. The van der Waals surface area contributed by atoms with E-state index in [1.54, 1.807) is 34.7 Å². The number of fused-ring (bicyclic) bond motifs is 2. The number of allylic oxidation sites excluding steroid dienone is 2. The molecule has 2 aliphatic rings. The summed E-state index contributed by atoms with van der Waals surface area (Å²) in [6, 6.07) is 9.12. The van der Waals surface area contributed by atoms with Crippen molar-refractivity contribution in [3.63, 3.8) is 0 Å². The van der Waals surface area contributed by atoms with Crippen LogP contribution in [-0.4, -0.2) is 29.1 Å². The van der Waals surface area contributed by atoms with Gasteiger partial charge in [-0.05, 0) is 23.8 Å². The smallest absolute Gasteiger partial charge is 0.417 e. The molecule has 7 heteroatoms. The first-order chi connectivity index (χ1) is 12.5. The van der Waals surface area contributed by atoms with Gasteiger partial charge in [-0.25, -0.2) is 14.4 Å². The van der Waals surface area contributed by atoms with Crippen molar-refractivity contribution in [2.45, 2.75) is 13.0 Å². The lowest BCUT2D eigenvalue weighted by Crippen LogP contribution is -2.31. The zero-order chi connectivity index (χ0) is 18.5. The maximum absolute atomic E-state index is 11.9. The van der Waals surface area contributed by atoms with Crippen LogP contribution in [0.15, 0.2) is 42.5 Å². The number of hydrogen-bond acceptors (Lipinski definition) is 6. The molecule has 0 radical (unpaired) electrons. The third-order valence-corrected chi connectivity index (χ3v) is 5.29. The molecule has 0 spiro atoms. The molecule has 3 rings (SSSR count). The molecule has 2 unspecified atom stereocenters. The molecular weight excluding hydrogens is 451 g/mol. The summed E-state index contributed by atoms with van der Waals surface area (Å²) < 4.78 is 14.9. The molecule has 26 heavy (non-hydrogen) atoms. The van der Waals surface area contributed by atoms with E-state index in [-0.39, 0.29) is 34.9 Å². The van der Waals surface area contributed by atoms with Gasteiger partial charge in [0.05, 0.1) is 35.8 Å². The Morgan fingerprint density at radius 1 is 0.885 bits per heavy atom. The van der Waals surface area contributed by atoms with Gasteiger partial charge in [0, 0.05) is 11.8 Å². The number of halogens is 1. The second-order valence-corrected chi connectivity index (χ2v) is 7.37. The highest BCUT2D eigenvalue weighted by atomic mass is 127. The summed E-state index contributed by atoms with van der Waals surface area (Å²) in [6.45, 7) is 0.446. The Labute approximate surface area is 165 Å². The van der Waals surface area contributed by atoms with Gasteiger partial charge in [0.25, 0.3) is 0 Å². The van der Waals surface area contributed by atoms with Crippen LogP contribution in [0.1, 0.15) is 12.0 Å². The van der Waals surface area contributed by atoms with Gasteiger partial charge in [-0.15, -0.1) is 0 Å². The first-order valence-electron chi connectivity index (χ1n) is 8.43. The molecule has 1 aromatic rings. The first kappa shape index (κ1) is 18.9. The predicted octanol–water partition coefficient (Wildman–Crippen LogP) is 3.28. The molecule has 0 aromatic heterocycles. The van der Waals surface area contributed by atoms with Crippen molar-refractivity contribution in [3.05, 3.63) is 48.0 Å². The van der Waals surface area contributed by atoms with E-state index in [9.17, 15) is 14.4 Å². The molecule has 2 aliphatic carbocycles. The summed E-state index contributed by atoms with van der Waals surface area (Å²) in [5, 5.41) is 0. The van der Waals surface area contributed by atoms with Crippen LogP contribution in [0.2, 0.25) is 0 Å². The minimum absolute atomic E-state index is 0.0277. The summed E-state index contributed by atoms with van der Waals surface area (Å²) in [4.78, 5) is 34.8. The highest BCUT2D eigenvalue weighted by Crippen LogP contribution is 2.48. The fraction of sp³-hybridized carbons (Fsp3) is 0.421. The predicted molar refractivity (Wildman–Crippen MR) is 100 cm³/mol. The Morgan fingerprint density at radius 2 is 1.46 bits per heavy atom. The normalized spacial score (nSPS) is 25.7. The third kappa shape index (κ3) is 4.63. The number of benzene rings is 1. The first-order valence-corrected chi connectivity index (χ1v) is 9.51. The summed E-state index contributed by atoms with van der Waals surface area (Å²) in [7, 11) is 0. The zero-order valence-electron chi connectivity index (χ0n) is 14.0. The third-order valence-electron chi connectivity index (χ3n) is 4.98.